The maximum absolute atomic E-state index is 2.35. The highest BCUT2D eigenvalue weighted by Gasteiger charge is 2.14. The van der Waals surface area contributed by atoms with Gasteiger partial charge in [-0.05, 0) is 16.7 Å². The van der Waals surface area contributed by atoms with E-state index in [0.717, 1.165) is 26.4 Å². The second kappa shape index (κ2) is 7.36. The van der Waals surface area contributed by atoms with Crippen molar-refractivity contribution in [1.29, 1.82) is 0 Å². The van der Waals surface area contributed by atoms with E-state index in [-0.39, 0.29) is 0 Å². The van der Waals surface area contributed by atoms with Gasteiger partial charge < -0.3 is 9.80 Å². The minimum absolute atomic E-state index is 0.980. The van der Waals surface area contributed by atoms with Gasteiger partial charge in [-0.15, -0.1) is 0 Å². The van der Waals surface area contributed by atoms with Crippen LogP contribution >= 0.6 is 0 Å². The first-order valence-corrected chi connectivity index (χ1v) is 9.32. The van der Waals surface area contributed by atoms with Crippen molar-refractivity contribution < 1.29 is 9.80 Å². The molecule has 2 unspecified atom stereocenters. The van der Waals surface area contributed by atoms with Crippen LogP contribution in [0.2, 0.25) is 0 Å². The number of nitrogens with zero attached hydrogens (tertiary/aromatic N) is 2. The maximum Gasteiger partial charge on any atom is 0.157 e. The summed E-state index contributed by atoms with van der Waals surface area (Å²) in [7, 11) is 4.30. The second-order valence-electron chi connectivity index (χ2n) is 7.53. The zero-order valence-corrected chi connectivity index (χ0v) is 15.7. The fourth-order valence-electron chi connectivity index (χ4n) is 3.65. The van der Waals surface area contributed by atoms with E-state index in [0.29, 0.717) is 0 Å². The SMILES string of the molecule is CN1C=C[NH+](Cc2ccc(-c3ccc(CN4C=C[NH+](C)C4)cc3)cc2)C1. The summed E-state index contributed by atoms with van der Waals surface area (Å²) in [6.45, 7) is 4.12. The topological polar surface area (TPSA) is 15.4 Å². The molecule has 4 nitrogen and oxygen atoms in total. The van der Waals surface area contributed by atoms with Gasteiger partial charge in [0.05, 0.1) is 19.4 Å². The fourth-order valence-corrected chi connectivity index (χ4v) is 3.65. The molecule has 4 rings (SSSR count). The lowest BCUT2D eigenvalue weighted by Crippen LogP contribution is -3.05. The Hall–Kier alpha value is -2.56. The van der Waals surface area contributed by atoms with E-state index < -0.39 is 0 Å². The van der Waals surface area contributed by atoms with E-state index >= 15 is 0 Å². The Kier molecular flexibility index (Phi) is 4.78. The molecule has 2 aromatic rings. The molecule has 4 heteroatoms. The lowest BCUT2D eigenvalue weighted by Gasteiger charge is -2.15. The molecule has 0 saturated carbocycles. The Morgan fingerprint density at radius 2 is 1.46 bits per heavy atom. The summed E-state index contributed by atoms with van der Waals surface area (Å²) in [6, 6.07) is 18.0. The molecule has 2 heterocycles. The highest BCUT2D eigenvalue weighted by atomic mass is 15.3. The molecule has 0 saturated heterocycles. The predicted molar refractivity (Wildman–Crippen MR) is 105 cm³/mol. The van der Waals surface area contributed by atoms with Crippen LogP contribution in [0.4, 0.5) is 0 Å². The van der Waals surface area contributed by atoms with Gasteiger partial charge in [-0.3, -0.25) is 9.80 Å². The molecule has 0 spiro atoms. The van der Waals surface area contributed by atoms with E-state index in [4.69, 9.17) is 0 Å². The van der Waals surface area contributed by atoms with Crippen LogP contribution < -0.4 is 9.80 Å². The van der Waals surface area contributed by atoms with Gasteiger partial charge in [0.1, 0.15) is 18.9 Å². The normalized spacial score (nSPS) is 21.8. The molecule has 0 amide bonds. The third-order valence-corrected chi connectivity index (χ3v) is 5.10. The van der Waals surface area contributed by atoms with Gasteiger partial charge in [-0.2, -0.15) is 0 Å². The molecule has 0 fully saturated rings. The second-order valence-corrected chi connectivity index (χ2v) is 7.53. The lowest BCUT2D eigenvalue weighted by atomic mass is 10.0. The molecule has 0 radical (unpaired) electrons. The lowest BCUT2D eigenvalue weighted by molar-refractivity contribution is -0.863. The molecule has 0 aliphatic carbocycles. The Morgan fingerprint density at radius 3 is 2.00 bits per heavy atom. The average molecular weight is 348 g/mol. The van der Waals surface area contributed by atoms with Crippen molar-refractivity contribution in [2.24, 2.45) is 0 Å². The minimum atomic E-state index is 0.980. The summed E-state index contributed by atoms with van der Waals surface area (Å²) < 4.78 is 0. The van der Waals surface area contributed by atoms with Crippen LogP contribution in [0.3, 0.4) is 0 Å². The Balaban J connectivity index is 1.38. The van der Waals surface area contributed by atoms with Gasteiger partial charge in [0, 0.05) is 19.2 Å². The number of hydrogen-bond donors (Lipinski definition) is 2. The van der Waals surface area contributed by atoms with Gasteiger partial charge in [-0.25, -0.2) is 0 Å². The molecule has 0 aromatic heterocycles. The molecular weight excluding hydrogens is 320 g/mol. The molecule has 134 valence electrons. The summed E-state index contributed by atoms with van der Waals surface area (Å²) in [5.41, 5.74) is 5.31. The summed E-state index contributed by atoms with van der Waals surface area (Å²) >= 11 is 0. The molecule has 2 aromatic carbocycles. The molecule has 2 aliphatic rings. The Bertz CT molecular complexity index is 722. The first-order valence-electron chi connectivity index (χ1n) is 9.32. The summed E-state index contributed by atoms with van der Waals surface area (Å²) in [5, 5.41) is 0. The zero-order chi connectivity index (χ0) is 17.9. The van der Waals surface area contributed by atoms with Gasteiger partial charge in [-0.1, -0.05) is 48.5 Å². The van der Waals surface area contributed by atoms with Crippen LogP contribution in [-0.2, 0) is 13.1 Å². The Morgan fingerprint density at radius 1 is 0.808 bits per heavy atom. The van der Waals surface area contributed by atoms with Crippen LogP contribution in [0, 0.1) is 0 Å². The predicted octanol–water partition coefficient (Wildman–Crippen LogP) is 0.872. The van der Waals surface area contributed by atoms with E-state index in [1.54, 1.807) is 0 Å². The van der Waals surface area contributed by atoms with E-state index in [1.807, 2.05) is 0 Å². The fraction of sp³-hybridized carbons (Fsp3) is 0.273. The third-order valence-electron chi connectivity index (χ3n) is 5.10. The summed E-state index contributed by atoms with van der Waals surface area (Å²) in [4.78, 5) is 7.49. The van der Waals surface area contributed by atoms with Crippen molar-refractivity contribution in [3.8, 4) is 11.1 Å². The highest BCUT2D eigenvalue weighted by molar-refractivity contribution is 5.63. The van der Waals surface area contributed by atoms with Gasteiger partial charge >= 0.3 is 0 Å². The van der Waals surface area contributed by atoms with Crippen LogP contribution in [0.25, 0.3) is 11.1 Å². The van der Waals surface area contributed by atoms with Gasteiger partial charge in [0.25, 0.3) is 0 Å². The first kappa shape index (κ1) is 16.9. The molecular formula is C22H28N4+2. The molecule has 2 aliphatic heterocycles. The maximum atomic E-state index is 2.35. The number of benzene rings is 2. The standard InChI is InChI=1S/C22H26N4/c1-23-11-13-25(17-23)15-19-3-7-21(8-4-19)22-9-5-20(6-10-22)16-26-14-12-24(2)18-26/h3-14H,15-18H2,1-2H3/p+2. The molecule has 2 atom stereocenters. The number of hydrogen-bond acceptors (Lipinski definition) is 2. The van der Waals surface area contributed by atoms with E-state index in [1.165, 1.54) is 32.1 Å². The van der Waals surface area contributed by atoms with Crippen molar-refractivity contribution in [2.75, 3.05) is 27.4 Å². The number of quaternary nitrogens is 2. The average Bonchev–Trinajstić information content (AvgIpc) is 3.24. The highest BCUT2D eigenvalue weighted by Crippen LogP contribution is 2.21. The Labute approximate surface area is 156 Å². The van der Waals surface area contributed by atoms with Crippen molar-refractivity contribution in [1.82, 2.24) is 9.80 Å². The smallest absolute Gasteiger partial charge is 0.157 e. The van der Waals surface area contributed by atoms with Crippen molar-refractivity contribution in [2.45, 2.75) is 13.1 Å². The van der Waals surface area contributed by atoms with Gasteiger partial charge in [0.15, 0.2) is 13.3 Å². The van der Waals surface area contributed by atoms with Crippen molar-refractivity contribution in [3.05, 3.63) is 84.5 Å². The zero-order valence-electron chi connectivity index (χ0n) is 15.7. The van der Waals surface area contributed by atoms with Crippen LogP contribution in [0.15, 0.2) is 73.3 Å². The van der Waals surface area contributed by atoms with Gasteiger partial charge in [0.2, 0.25) is 0 Å². The monoisotopic (exact) mass is 348 g/mol. The van der Waals surface area contributed by atoms with E-state index in [2.05, 4.69) is 97.2 Å². The van der Waals surface area contributed by atoms with Crippen LogP contribution in [0.5, 0.6) is 0 Å². The number of rotatable bonds is 5. The van der Waals surface area contributed by atoms with Crippen LogP contribution in [-0.4, -0.2) is 37.2 Å². The molecule has 26 heavy (non-hydrogen) atoms. The number of nitrogens with one attached hydrogen (secondary N) is 2. The third kappa shape index (κ3) is 3.98. The van der Waals surface area contributed by atoms with Crippen molar-refractivity contribution >= 4 is 0 Å². The van der Waals surface area contributed by atoms with Crippen LogP contribution in [0.1, 0.15) is 11.1 Å². The summed E-state index contributed by atoms with van der Waals surface area (Å²) in [5.74, 6) is 0. The first-order chi connectivity index (χ1) is 12.7. The van der Waals surface area contributed by atoms with Crippen molar-refractivity contribution in [3.63, 3.8) is 0 Å². The molecule has 2 N–H and O–H groups in total. The molecule has 0 bridgehead atoms. The minimum Gasteiger partial charge on any atom is -0.329 e. The van der Waals surface area contributed by atoms with E-state index in [9.17, 15) is 0 Å². The summed E-state index contributed by atoms with van der Waals surface area (Å²) in [6.07, 6.45) is 8.79. The quantitative estimate of drug-likeness (QED) is 0.834. The largest absolute Gasteiger partial charge is 0.329 e.